The van der Waals surface area contributed by atoms with Crippen LogP contribution in [0, 0.1) is 34.5 Å². The van der Waals surface area contributed by atoms with Gasteiger partial charge in [0.1, 0.15) is 25.3 Å². The van der Waals surface area contributed by atoms with Crippen molar-refractivity contribution < 1.29 is 38.0 Å². The Morgan fingerprint density at radius 3 is 2.71 bits per heavy atom. The van der Waals surface area contributed by atoms with Crippen LogP contribution in [0.25, 0.3) is 0 Å². The zero-order valence-corrected chi connectivity index (χ0v) is 20.4. The van der Waals surface area contributed by atoms with Gasteiger partial charge in [-0.3, -0.25) is 4.79 Å². The van der Waals surface area contributed by atoms with Gasteiger partial charge in [-0.2, -0.15) is 0 Å². The molecule has 8 heteroatoms. The van der Waals surface area contributed by atoms with Crippen molar-refractivity contribution in [3.05, 3.63) is 11.6 Å². The first-order chi connectivity index (χ1) is 16.3. The summed E-state index contributed by atoms with van der Waals surface area (Å²) in [6.45, 7) is 5.58. The number of ether oxygens (including phenoxy) is 6. The molecule has 6 unspecified atom stereocenters. The van der Waals surface area contributed by atoms with Crippen LogP contribution in [0.3, 0.4) is 0 Å². The topological polar surface area (TPSA) is 89.5 Å². The lowest BCUT2D eigenvalue weighted by atomic mass is 9.44. The molecule has 2 heterocycles. The van der Waals surface area contributed by atoms with Crippen LogP contribution < -0.4 is 0 Å². The van der Waals surface area contributed by atoms with Gasteiger partial charge in [0.2, 0.25) is 5.79 Å². The third-order valence-electron chi connectivity index (χ3n) is 10.5. The quantitative estimate of drug-likeness (QED) is 0.348. The highest BCUT2D eigenvalue weighted by molar-refractivity contribution is 6.02. The van der Waals surface area contributed by atoms with Crippen LogP contribution in [0.15, 0.2) is 11.6 Å². The largest absolute Gasteiger partial charge is 0.359 e. The zero-order valence-electron chi connectivity index (χ0n) is 20.4. The van der Waals surface area contributed by atoms with E-state index in [-0.39, 0.29) is 49.0 Å². The molecule has 2 saturated heterocycles. The number of carbonyl (C=O) groups is 2. The van der Waals surface area contributed by atoms with E-state index in [4.69, 9.17) is 28.4 Å². The first-order valence-electron chi connectivity index (χ1n) is 12.6. The van der Waals surface area contributed by atoms with Gasteiger partial charge in [-0.1, -0.05) is 19.4 Å². The highest BCUT2D eigenvalue weighted by atomic mass is 16.9. The summed E-state index contributed by atoms with van der Waals surface area (Å²) in [5.41, 5.74) is 0.105. The van der Waals surface area contributed by atoms with Gasteiger partial charge in [0.05, 0.1) is 12.0 Å². The van der Waals surface area contributed by atoms with Gasteiger partial charge in [0, 0.05) is 12.5 Å². The number of allylic oxidation sites excluding steroid dienone is 1. The van der Waals surface area contributed by atoms with Crippen molar-refractivity contribution in [2.24, 2.45) is 34.5 Å². The number of methoxy groups -OCH3 is 1. The normalized spacial score (nSPS) is 51.9. The van der Waals surface area contributed by atoms with E-state index in [0.29, 0.717) is 24.9 Å². The van der Waals surface area contributed by atoms with Crippen LogP contribution in [-0.2, 0) is 38.0 Å². The molecule has 9 atom stereocenters. The molecule has 6 rings (SSSR count). The number of ketones is 1. The first-order valence-corrected chi connectivity index (χ1v) is 12.6. The van der Waals surface area contributed by atoms with Crippen LogP contribution >= 0.6 is 0 Å². The van der Waals surface area contributed by atoms with Gasteiger partial charge in [0.15, 0.2) is 19.4 Å². The maximum atomic E-state index is 12.6. The van der Waals surface area contributed by atoms with E-state index in [2.05, 4.69) is 13.8 Å². The summed E-state index contributed by atoms with van der Waals surface area (Å²) in [6, 6.07) is 0. The average molecular weight is 477 g/mol. The molecule has 0 aromatic rings. The number of hydrogen-bond acceptors (Lipinski definition) is 8. The molecule has 188 valence electrons. The third kappa shape index (κ3) is 2.81. The van der Waals surface area contributed by atoms with Crippen molar-refractivity contribution in [1.29, 1.82) is 0 Å². The minimum atomic E-state index is -0.876. The van der Waals surface area contributed by atoms with Crippen LogP contribution in [-0.4, -0.2) is 63.7 Å². The van der Waals surface area contributed by atoms with E-state index in [1.54, 1.807) is 13.2 Å². The van der Waals surface area contributed by atoms with E-state index in [0.717, 1.165) is 38.4 Å². The SMILES string of the molecule is COCO[C@H]1C[C@@]2(C)C(CCC23OCOC32COCO2)C2CCC3=CC(=O)C(C=O)C[C@]3(C)C21. The molecule has 4 aliphatic carbocycles. The Kier molecular flexibility index (Phi) is 5.42. The molecule has 8 nitrogen and oxygen atoms in total. The number of carbonyl (C=O) groups excluding carboxylic acids is 2. The number of rotatable bonds is 4. The summed E-state index contributed by atoms with van der Waals surface area (Å²) in [4.78, 5) is 24.4. The minimum absolute atomic E-state index is 0.0485. The Morgan fingerprint density at radius 1 is 1.15 bits per heavy atom. The molecule has 6 aliphatic rings. The highest BCUT2D eigenvalue weighted by Crippen LogP contribution is 2.72. The molecule has 5 fully saturated rings. The van der Waals surface area contributed by atoms with Crippen molar-refractivity contribution >= 4 is 12.1 Å². The summed E-state index contributed by atoms with van der Waals surface area (Å²) in [7, 11) is 1.64. The van der Waals surface area contributed by atoms with Crippen molar-refractivity contribution in [2.75, 3.05) is 34.1 Å². The van der Waals surface area contributed by atoms with Crippen LogP contribution in [0.5, 0.6) is 0 Å². The van der Waals surface area contributed by atoms with E-state index in [1.807, 2.05) is 0 Å². The molecule has 0 bridgehead atoms. The van der Waals surface area contributed by atoms with E-state index in [9.17, 15) is 9.59 Å². The maximum absolute atomic E-state index is 12.6. The third-order valence-corrected chi connectivity index (χ3v) is 10.5. The molecule has 0 radical (unpaired) electrons. The average Bonchev–Trinajstić information content (AvgIpc) is 3.52. The predicted octanol–water partition coefficient (Wildman–Crippen LogP) is 2.99. The molecule has 0 amide bonds. The zero-order chi connectivity index (χ0) is 23.8. The Bertz CT molecular complexity index is 890. The van der Waals surface area contributed by atoms with Gasteiger partial charge in [-0.05, 0) is 67.8 Å². The summed E-state index contributed by atoms with van der Waals surface area (Å²) in [5.74, 6) is -0.520. The fourth-order valence-electron chi connectivity index (χ4n) is 9.18. The Morgan fingerprint density at radius 2 is 1.97 bits per heavy atom. The number of fused-ring (bicyclic) bond motifs is 7. The monoisotopic (exact) mass is 476 g/mol. The summed E-state index contributed by atoms with van der Waals surface area (Å²) >= 11 is 0. The fourth-order valence-corrected chi connectivity index (χ4v) is 9.18. The Hall–Kier alpha value is -1.16. The molecule has 2 spiro atoms. The van der Waals surface area contributed by atoms with Gasteiger partial charge in [0.25, 0.3) is 0 Å². The molecule has 2 aliphatic heterocycles. The number of hydrogen-bond donors (Lipinski definition) is 0. The second-order valence-corrected chi connectivity index (χ2v) is 11.6. The second kappa shape index (κ2) is 7.92. The van der Waals surface area contributed by atoms with E-state index >= 15 is 0 Å². The Balaban J connectivity index is 1.42. The van der Waals surface area contributed by atoms with E-state index in [1.165, 1.54) is 5.57 Å². The molecular formula is C26H36O8. The fraction of sp³-hybridized carbons (Fsp3) is 0.846. The molecule has 0 N–H and O–H groups in total. The van der Waals surface area contributed by atoms with Gasteiger partial charge >= 0.3 is 0 Å². The molecule has 3 saturated carbocycles. The second-order valence-electron chi connectivity index (χ2n) is 11.6. The summed E-state index contributed by atoms with van der Waals surface area (Å²) < 4.78 is 36.2. The summed E-state index contributed by atoms with van der Waals surface area (Å²) in [6.07, 6.45) is 7.59. The van der Waals surface area contributed by atoms with Gasteiger partial charge < -0.3 is 33.2 Å². The lowest BCUT2D eigenvalue weighted by molar-refractivity contribution is -0.264. The van der Waals surface area contributed by atoms with Crippen molar-refractivity contribution in [1.82, 2.24) is 0 Å². The number of aldehydes is 1. The molecule has 34 heavy (non-hydrogen) atoms. The molecule has 0 aromatic carbocycles. The first kappa shape index (κ1) is 23.3. The molecular weight excluding hydrogens is 440 g/mol. The minimum Gasteiger partial charge on any atom is -0.359 e. The van der Waals surface area contributed by atoms with Crippen molar-refractivity contribution in [3.63, 3.8) is 0 Å². The van der Waals surface area contributed by atoms with Gasteiger partial charge in [-0.25, -0.2) is 0 Å². The Labute approximate surface area is 200 Å². The smallest absolute Gasteiger partial charge is 0.226 e. The van der Waals surface area contributed by atoms with Crippen LogP contribution in [0.4, 0.5) is 0 Å². The van der Waals surface area contributed by atoms with E-state index < -0.39 is 17.3 Å². The highest BCUT2D eigenvalue weighted by Gasteiger charge is 2.77. The maximum Gasteiger partial charge on any atom is 0.226 e. The predicted molar refractivity (Wildman–Crippen MR) is 118 cm³/mol. The summed E-state index contributed by atoms with van der Waals surface area (Å²) in [5, 5.41) is 0. The molecule has 0 aromatic heterocycles. The lowest BCUT2D eigenvalue weighted by Gasteiger charge is -2.62. The van der Waals surface area contributed by atoms with Crippen LogP contribution in [0.1, 0.15) is 52.4 Å². The van der Waals surface area contributed by atoms with Crippen molar-refractivity contribution in [3.8, 4) is 0 Å². The van der Waals surface area contributed by atoms with Crippen molar-refractivity contribution in [2.45, 2.75) is 69.9 Å². The lowest BCUT2D eigenvalue weighted by Crippen LogP contribution is -2.66. The van der Waals surface area contributed by atoms with Crippen LogP contribution in [0.2, 0.25) is 0 Å². The van der Waals surface area contributed by atoms with Gasteiger partial charge in [-0.15, -0.1) is 0 Å². The standard InChI is InChI=1S/C26H36O8/c1-23-9-16(11-27)20(28)8-17(23)4-5-18-19-6-7-25(26(34-15-32-25)12-30-14-33-26)24(19,2)10-21(22(18)23)31-13-29-3/h8,11,16,18-19,21-22H,4-7,9-10,12-15H2,1-3H3/t16?,18?,19?,21-,22?,23-,24-,25?,26?/m0/s1.